The largest absolute Gasteiger partial charge is 0.443 e. The quantitative estimate of drug-likeness (QED) is 0.613. The van der Waals surface area contributed by atoms with Gasteiger partial charge in [-0.05, 0) is 12.1 Å². The normalized spacial score (nSPS) is 10.6. The summed E-state index contributed by atoms with van der Waals surface area (Å²) in [5.74, 6) is 0. The Balaban J connectivity index is 2.93. The molecule has 0 bridgehead atoms. The number of benzene rings is 1. The maximum Gasteiger partial charge on any atom is 0.182 e. The minimum atomic E-state index is 0.470. The fourth-order valence-electron chi connectivity index (χ4n) is 0.928. The summed E-state index contributed by atoms with van der Waals surface area (Å²) in [5, 5.41) is 0.506. The second kappa shape index (κ2) is 2.13. The molecule has 0 spiro atoms. The maximum absolute atomic E-state index is 5.74. The van der Waals surface area contributed by atoms with Gasteiger partial charge in [0, 0.05) is 0 Å². The molecule has 0 aliphatic carbocycles. The summed E-state index contributed by atoms with van der Waals surface area (Å²) >= 11 is 5.74. The van der Waals surface area contributed by atoms with Crippen LogP contribution in [0.3, 0.4) is 0 Å². The third-order valence-corrected chi connectivity index (χ3v) is 1.82. The van der Waals surface area contributed by atoms with Gasteiger partial charge in [0.2, 0.25) is 0 Å². The molecule has 2 aromatic rings. The number of halogens is 1. The Morgan fingerprint density at radius 3 is 3.09 bits per heavy atom. The highest BCUT2D eigenvalue weighted by Crippen LogP contribution is 2.26. The van der Waals surface area contributed by atoms with Crippen LogP contribution in [0.25, 0.3) is 11.1 Å². The Morgan fingerprint density at radius 1 is 1.45 bits per heavy atom. The van der Waals surface area contributed by atoms with Crippen molar-refractivity contribution in [1.82, 2.24) is 4.98 Å². The smallest absolute Gasteiger partial charge is 0.182 e. The Labute approximate surface area is 67.8 Å². The monoisotopic (exact) mass is 168 g/mol. The average molecular weight is 169 g/mol. The van der Waals surface area contributed by atoms with Gasteiger partial charge < -0.3 is 10.2 Å². The molecule has 0 fully saturated rings. The van der Waals surface area contributed by atoms with E-state index in [-0.39, 0.29) is 0 Å². The van der Waals surface area contributed by atoms with Crippen molar-refractivity contribution in [1.29, 1.82) is 0 Å². The van der Waals surface area contributed by atoms with Crippen LogP contribution >= 0.6 is 11.6 Å². The molecule has 11 heavy (non-hydrogen) atoms. The van der Waals surface area contributed by atoms with E-state index >= 15 is 0 Å². The molecular formula is C7H5ClN2O. The van der Waals surface area contributed by atoms with Gasteiger partial charge in [-0.15, -0.1) is 0 Å². The first-order chi connectivity index (χ1) is 5.29. The topological polar surface area (TPSA) is 52.0 Å². The number of aromatic nitrogens is 1. The highest BCUT2D eigenvalue weighted by atomic mass is 35.5. The van der Waals surface area contributed by atoms with E-state index in [4.69, 9.17) is 21.8 Å². The maximum atomic E-state index is 5.74. The van der Waals surface area contributed by atoms with Gasteiger partial charge in [-0.2, -0.15) is 0 Å². The molecule has 56 valence electrons. The Morgan fingerprint density at radius 2 is 2.27 bits per heavy atom. The lowest BCUT2D eigenvalue weighted by Gasteiger charge is -1.94. The number of hydrogen-bond acceptors (Lipinski definition) is 3. The lowest BCUT2D eigenvalue weighted by Crippen LogP contribution is -1.86. The molecule has 2 rings (SSSR count). The van der Waals surface area contributed by atoms with Gasteiger partial charge >= 0.3 is 0 Å². The highest BCUT2D eigenvalue weighted by Gasteiger charge is 2.04. The van der Waals surface area contributed by atoms with Gasteiger partial charge in [0.25, 0.3) is 0 Å². The van der Waals surface area contributed by atoms with Crippen molar-refractivity contribution in [2.24, 2.45) is 0 Å². The van der Waals surface area contributed by atoms with Crippen molar-refractivity contribution in [3.8, 4) is 0 Å². The van der Waals surface area contributed by atoms with E-state index in [2.05, 4.69) is 4.98 Å². The van der Waals surface area contributed by atoms with Crippen LogP contribution in [0.15, 0.2) is 22.9 Å². The molecular weight excluding hydrogens is 164 g/mol. The number of anilines is 1. The minimum Gasteiger partial charge on any atom is -0.443 e. The molecule has 0 saturated carbocycles. The minimum absolute atomic E-state index is 0.470. The van der Waals surface area contributed by atoms with E-state index in [0.717, 1.165) is 0 Å². The number of nitrogens with two attached hydrogens (primary N) is 1. The average Bonchev–Trinajstić information content (AvgIpc) is 2.45. The fraction of sp³-hybridized carbons (Fsp3) is 0. The summed E-state index contributed by atoms with van der Waals surface area (Å²) in [5.41, 5.74) is 7.36. The Kier molecular flexibility index (Phi) is 1.26. The summed E-state index contributed by atoms with van der Waals surface area (Å²) in [6, 6.07) is 3.42. The van der Waals surface area contributed by atoms with Crippen LogP contribution in [0.4, 0.5) is 5.69 Å². The van der Waals surface area contributed by atoms with E-state index in [0.29, 0.717) is 21.8 Å². The van der Waals surface area contributed by atoms with E-state index < -0.39 is 0 Å². The fourth-order valence-corrected chi connectivity index (χ4v) is 1.08. The number of nitrogens with zero attached hydrogens (tertiary/aromatic N) is 1. The first-order valence-corrected chi connectivity index (χ1v) is 3.44. The van der Waals surface area contributed by atoms with Crippen molar-refractivity contribution < 1.29 is 4.42 Å². The Hall–Kier alpha value is -1.22. The summed E-state index contributed by atoms with van der Waals surface area (Å²) in [6.07, 6.45) is 1.34. The van der Waals surface area contributed by atoms with Crippen LogP contribution in [0, 0.1) is 0 Å². The van der Waals surface area contributed by atoms with Gasteiger partial charge in [0.1, 0.15) is 5.52 Å². The predicted molar refractivity (Wildman–Crippen MR) is 43.4 cm³/mol. The molecule has 0 atom stereocenters. The molecule has 0 aliphatic heterocycles. The standard InChI is InChI=1S/C7H5ClN2O/c8-4-1-2-5-7(6(4)9)10-3-11-5/h1-3H,9H2. The summed E-state index contributed by atoms with van der Waals surface area (Å²) in [4.78, 5) is 3.90. The van der Waals surface area contributed by atoms with E-state index in [1.54, 1.807) is 12.1 Å². The number of oxazole rings is 1. The molecule has 4 heteroatoms. The lowest BCUT2D eigenvalue weighted by atomic mass is 10.3. The molecule has 2 N–H and O–H groups in total. The highest BCUT2D eigenvalue weighted by molar-refractivity contribution is 6.34. The summed E-state index contributed by atoms with van der Waals surface area (Å²) < 4.78 is 5.00. The molecule has 1 heterocycles. The first kappa shape index (κ1) is 6.49. The third-order valence-electron chi connectivity index (χ3n) is 1.49. The van der Waals surface area contributed by atoms with Gasteiger partial charge in [-0.1, -0.05) is 11.6 Å². The second-order valence-corrected chi connectivity index (χ2v) is 2.57. The molecule has 1 aromatic carbocycles. The third kappa shape index (κ3) is 0.851. The molecule has 0 saturated heterocycles. The number of hydrogen-bond donors (Lipinski definition) is 1. The number of rotatable bonds is 0. The Bertz CT molecular complexity index is 396. The zero-order valence-electron chi connectivity index (χ0n) is 5.54. The van der Waals surface area contributed by atoms with Gasteiger partial charge in [0.15, 0.2) is 12.0 Å². The molecule has 0 unspecified atom stereocenters. The molecule has 0 amide bonds. The molecule has 0 aliphatic rings. The van der Waals surface area contributed by atoms with Crippen LogP contribution in [0.2, 0.25) is 5.02 Å². The van der Waals surface area contributed by atoms with Gasteiger partial charge in [0.05, 0.1) is 10.7 Å². The molecule has 3 nitrogen and oxygen atoms in total. The van der Waals surface area contributed by atoms with Crippen molar-refractivity contribution >= 4 is 28.4 Å². The SMILES string of the molecule is Nc1c(Cl)ccc2ocnc12. The van der Waals surface area contributed by atoms with Crippen molar-refractivity contribution in [2.75, 3.05) is 5.73 Å². The van der Waals surface area contributed by atoms with Crippen LogP contribution < -0.4 is 5.73 Å². The number of nitrogen functional groups attached to an aromatic ring is 1. The zero-order valence-corrected chi connectivity index (χ0v) is 6.30. The first-order valence-electron chi connectivity index (χ1n) is 3.06. The molecule has 0 radical (unpaired) electrons. The molecule has 1 aromatic heterocycles. The second-order valence-electron chi connectivity index (χ2n) is 2.16. The van der Waals surface area contributed by atoms with Crippen LogP contribution in [0.5, 0.6) is 0 Å². The van der Waals surface area contributed by atoms with E-state index in [1.165, 1.54) is 6.39 Å². The predicted octanol–water partition coefficient (Wildman–Crippen LogP) is 2.06. The lowest BCUT2D eigenvalue weighted by molar-refractivity contribution is 0.602. The van der Waals surface area contributed by atoms with Crippen molar-refractivity contribution in [3.63, 3.8) is 0 Å². The van der Waals surface area contributed by atoms with E-state index in [1.807, 2.05) is 0 Å². The van der Waals surface area contributed by atoms with Crippen LogP contribution in [-0.2, 0) is 0 Å². The van der Waals surface area contributed by atoms with Gasteiger partial charge in [-0.3, -0.25) is 0 Å². The summed E-state index contributed by atoms with van der Waals surface area (Å²) in [6.45, 7) is 0. The van der Waals surface area contributed by atoms with Crippen molar-refractivity contribution in [2.45, 2.75) is 0 Å². The van der Waals surface area contributed by atoms with E-state index in [9.17, 15) is 0 Å². The zero-order chi connectivity index (χ0) is 7.84. The van der Waals surface area contributed by atoms with Crippen LogP contribution in [0.1, 0.15) is 0 Å². The van der Waals surface area contributed by atoms with Gasteiger partial charge in [-0.25, -0.2) is 4.98 Å². The van der Waals surface area contributed by atoms with Crippen molar-refractivity contribution in [3.05, 3.63) is 23.5 Å². The van der Waals surface area contributed by atoms with Crippen LogP contribution in [-0.4, -0.2) is 4.98 Å². The summed E-state index contributed by atoms with van der Waals surface area (Å²) in [7, 11) is 0. The number of fused-ring (bicyclic) bond motifs is 1.